The molecule has 0 spiro atoms. The maximum atomic E-state index is 11.5. The molecule has 0 aromatic heterocycles. The average molecular weight is 237 g/mol. The number of rotatable bonds is 1. The quantitative estimate of drug-likeness (QED) is 0.552. The van der Waals surface area contributed by atoms with Gasteiger partial charge in [0.25, 0.3) is 0 Å². The Kier molecular flexibility index (Phi) is 3.01. The van der Waals surface area contributed by atoms with Gasteiger partial charge in [0.15, 0.2) is 0 Å². The van der Waals surface area contributed by atoms with Gasteiger partial charge in [-0.25, -0.2) is 4.79 Å². The first-order chi connectivity index (χ1) is 7.59. The monoisotopic (exact) mass is 236 g/mol. The lowest BCUT2D eigenvalue weighted by Gasteiger charge is -2.29. The fourth-order valence-electron chi connectivity index (χ4n) is 2.00. The van der Waals surface area contributed by atoms with Crippen molar-refractivity contribution in [3.63, 3.8) is 0 Å². The summed E-state index contributed by atoms with van der Waals surface area (Å²) in [5.74, 6) is -0.339. The maximum absolute atomic E-state index is 11.5. The van der Waals surface area contributed by atoms with Crippen molar-refractivity contribution in [2.45, 2.75) is 25.4 Å². The summed E-state index contributed by atoms with van der Waals surface area (Å²) in [6.07, 6.45) is 0.660. The summed E-state index contributed by atoms with van der Waals surface area (Å²) < 4.78 is 5.11. The summed E-state index contributed by atoms with van der Waals surface area (Å²) in [7, 11) is 0. The SMILES string of the molecule is C=C1C(=O)O[C@H](C)C[C@H]1c1ccccc1Cl. The second kappa shape index (κ2) is 4.30. The molecule has 0 unspecified atom stereocenters. The molecule has 1 aromatic carbocycles. The highest BCUT2D eigenvalue weighted by molar-refractivity contribution is 6.31. The number of benzene rings is 1. The predicted molar refractivity (Wildman–Crippen MR) is 63.5 cm³/mol. The fourth-order valence-corrected chi connectivity index (χ4v) is 2.26. The van der Waals surface area contributed by atoms with Crippen molar-refractivity contribution in [1.29, 1.82) is 0 Å². The Hall–Kier alpha value is -1.28. The molecule has 0 bridgehead atoms. The van der Waals surface area contributed by atoms with E-state index >= 15 is 0 Å². The number of carbonyl (C=O) groups is 1. The smallest absolute Gasteiger partial charge is 0.334 e. The van der Waals surface area contributed by atoms with Gasteiger partial charge < -0.3 is 4.74 Å². The van der Waals surface area contributed by atoms with Crippen LogP contribution in [0.5, 0.6) is 0 Å². The lowest BCUT2D eigenvalue weighted by molar-refractivity contribution is -0.147. The van der Waals surface area contributed by atoms with Gasteiger partial charge in [0.1, 0.15) is 6.10 Å². The van der Waals surface area contributed by atoms with E-state index in [0.717, 1.165) is 12.0 Å². The highest BCUT2D eigenvalue weighted by Gasteiger charge is 2.31. The molecule has 1 aliphatic rings. The predicted octanol–water partition coefficient (Wildman–Crippen LogP) is 3.32. The average Bonchev–Trinajstić information content (AvgIpc) is 2.24. The van der Waals surface area contributed by atoms with Crippen molar-refractivity contribution >= 4 is 17.6 Å². The first kappa shape index (κ1) is 11.2. The molecule has 0 saturated carbocycles. The Bertz CT molecular complexity index is 439. The highest BCUT2D eigenvalue weighted by Crippen LogP contribution is 2.37. The minimum Gasteiger partial charge on any atom is -0.459 e. The van der Waals surface area contributed by atoms with Gasteiger partial charge in [-0.05, 0) is 25.0 Å². The molecule has 3 heteroatoms. The maximum Gasteiger partial charge on any atom is 0.334 e. The normalized spacial score (nSPS) is 25.4. The lowest BCUT2D eigenvalue weighted by atomic mass is 9.85. The van der Waals surface area contributed by atoms with Gasteiger partial charge in [-0.2, -0.15) is 0 Å². The van der Waals surface area contributed by atoms with E-state index in [1.165, 1.54) is 0 Å². The molecule has 1 aromatic rings. The molecule has 1 saturated heterocycles. The Morgan fingerprint density at radius 2 is 2.12 bits per heavy atom. The molecule has 1 fully saturated rings. The zero-order valence-corrected chi connectivity index (χ0v) is 9.83. The second-order valence-corrected chi connectivity index (χ2v) is 4.46. The first-order valence-corrected chi connectivity index (χ1v) is 5.61. The molecule has 0 aliphatic carbocycles. The Morgan fingerprint density at radius 3 is 2.81 bits per heavy atom. The van der Waals surface area contributed by atoms with E-state index < -0.39 is 0 Å². The summed E-state index contributed by atoms with van der Waals surface area (Å²) in [4.78, 5) is 11.5. The Balaban J connectivity index is 2.36. The summed E-state index contributed by atoms with van der Waals surface area (Å²) in [5.41, 5.74) is 1.45. The second-order valence-electron chi connectivity index (χ2n) is 4.05. The van der Waals surface area contributed by atoms with Crippen LogP contribution in [0.1, 0.15) is 24.8 Å². The van der Waals surface area contributed by atoms with Crippen molar-refractivity contribution < 1.29 is 9.53 Å². The van der Waals surface area contributed by atoms with Gasteiger partial charge >= 0.3 is 5.97 Å². The minimum absolute atomic E-state index is 0.0232. The number of hydrogen-bond acceptors (Lipinski definition) is 2. The zero-order valence-electron chi connectivity index (χ0n) is 9.07. The van der Waals surface area contributed by atoms with Crippen LogP contribution in [0.4, 0.5) is 0 Å². The first-order valence-electron chi connectivity index (χ1n) is 5.24. The Morgan fingerprint density at radius 1 is 1.44 bits per heavy atom. The van der Waals surface area contributed by atoms with Crippen LogP contribution in [0.2, 0.25) is 5.02 Å². The topological polar surface area (TPSA) is 26.3 Å². The molecule has 84 valence electrons. The Labute approximate surface area is 99.9 Å². The third-order valence-corrected chi connectivity index (χ3v) is 3.18. The van der Waals surface area contributed by atoms with Gasteiger partial charge in [-0.15, -0.1) is 0 Å². The molecule has 0 N–H and O–H groups in total. The van der Waals surface area contributed by atoms with E-state index in [-0.39, 0.29) is 18.0 Å². The summed E-state index contributed by atoms with van der Waals surface area (Å²) >= 11 is 6.13. The van der Waals surface area contributed by atoms with Gasteiger partial charge in [0.05, 0.1) is 0 Å². The standard InChI is InChI=1S/C13H13ClO2/c1-8-7-11(9(2)13(15)16-8)10-5-3-4-6-12(10)14/h3-6,8,11H,2,7H2,1H3/t8-,11-/m1/s1. The number of carbonyl (C=O) groups excluding carboxylic acids is 1. The van der Waals surface area contributed by atoms with Crippen molar-refractivity contribution in [1.82, 2.24) is 0 Å². The third-order valence-electron chi connectivity index (χ3n) is 2.84. The molecule has 0 radical (unpaired) electrons. The van der Waals surface area contributed by atoms with Crippen LogP contribution in [-0.2, 0) is 9.53 Å². The van der Waals surface area contributed by atoms with Crippen LogP contribution in [0.3, 0.4) is 0 Å². The van der Waals surface area contributed by atoms with Crippen LogP contribution in [0.25, 0.3) is 0 Å². The van der Waals surface area contributed by atoms with E-state index in [9.17, 15) is 4.79 Å². The van der Waals surface area contributed by atoms with Crippen LogP contribution in [-0.4, -0.2) is 12.1 Å². The van der Waals surface area contributed by atoms with E-state index in [1.54, 1.807) is 0 Å². The largest absolute Gasteiger partial charge is 0.459 e. The number of ether oxygens (including phenoxy) is 1. The van der Waals surface area contributed by atoms with Gasteiger partial charge in [0.2, 0.25) is 0 Å². The lowest BCUT2D eigenvalue weighted by Crippen LogP contribution is -2.28. The van der Waals surface area contributed by atoms with E-state index in [4.69, 9.17) is 16.3 Å². The van der Waals surface area contributed by atoms with Crippen molar-refractivity contribution in [2.75, 3.05) is 0 Å². The minimum atomic E-state index is -0.316. The molecule has 16 heavy (non-hydrogen) atoms. The number of hydrogen-bond donors (Lipinski definition) is 0. The molecule has 1 heterocycles. The van der Waals surface area contributed by atoms with Gasteiger partial charge in [0, 0.05) is 16.5 Å². The summed E-state index contributed by atoms with van der Waals surface area (Å²) in [6.45, 7) is 5.68. The fraction of sp³-hybridized carbons (Fsp3) is 0.308. The van der Waals surface area contributed by atoms with Crippen LogP contribution >= 0.6 is 11.6 Å². The van der Waals surface area contributed by atoms with Gasteiger partial charge in [-0.1, -0.05) is 36.4 Å². The van der Waals surface area contributed by atoms with E-state index in [2.05, 4.69) is 6.58 Å². The third kappa shape index (κ3) is 1.98. The number of cyclic esters (lactones) is 1. The van der Waals surface area contributed by atoms with Crippen molar-refractivity contribution in [2.24, 2.45) is 0 Å². The van der Waals surface area contributed by atoms with Crippen LogP contribution < -0.4 is 0 Å². The van der Waals surface area contributed by atoms with Crippen molar-refractivity contribution in [3.05, 3.63) is 47.0 Å². The molecular weight excluding hydrogens is 224 g/mol. The summed E-state index contributed by atoms with van der Waals surface area (Å²) in [5, 5.41) is 0.676. The number of esters is 1. The van der Waals surface area contributed by atoms with Gasteiger partial charge in [-0.3, -0.25) is 0 Å². The number of halogens is 1. The summed E-state index contributed by atoms with van der Waals surface area (Å²) in [6, 6.07) is 7.55. The van der Waals surface area contributed by atoms with Crippen molar-refractivity contribution in [3.8, 4) is 0 Å². The van der Waals surface area contributed by atoms with E-state index in [0.29, 0.717) is 10.6 Å². The molecule has 1 aliphatic heterocycles. The molecule has 2 rings (SSSR count). The molecule has 2 atom stereocenters. The molecule has 2 nitrogen and oxygen atoms in total. The zero-order chi connectivity index (χ0) is 11.7. The van der Waals surface area contributed by atoms with Crippen LogP contribution in [0.15, 0.2) is 36.4 Å². The highest BCUT2D eigenvalue weighted by atomic mass is 35.5. The molecular formula is C13H13ClO2. The molecule has 0 amide bonds. The van der Waals surface area contributed by atoms with Crippen LogP contribution in [0, 0.1) is 0 Å². The van der Waals surface area contributed by atoms with E-state index in [1.807, 2.05) is 31.2 Å².